The maximum Gasteiger partial charge on any atom is 0.115 e. The first-order chi connectivity index (χ1) is 9.98. The molecule has 0 unspecified atom stereocenters. The van der Waals surface area contributed by atoms with E-state index in [-0.39, 0.29) is 29.1 Å². The molecule has 4 rings (SSSR count). The molecule has 0 bridgehead atoms. The number of hydrogen-bond donors (Lipinski definition) is 2. The Labute approximate surface area is 125 Å². The Hall–Kier alpha value is -1.09. The molecule has 114 valence electrons. The van der Waals surface area contributed by atoms with Gasteiger partial charge in [-0.25, -0.2) is 4.39 Å². The van der Waals surface area contributed by atoms with Crippen molar-refractivity contribution < 1.29 is 14.6 Å². The van der Waals surface area contributed by atoms with Gasteiger partial charge in [0.2, 0.25) is 0 Å². The van der Waals surface area contributed by atoms with Crippen molar-refractivity contribution in [2.45, 2.75) is 57.2 Å². The van der Waals surface area contributed by atoms with Gasteiger partial charge >= 0.3 is 0 Å². The topological polar surface area (TPSA) is 40.5 Å². The van der Waals surface area contributed by atoms with E-state index < -0.39 is 6.17 Å². The van der Waals surface area contributed by atoms with Crippen LogP contribution < -0.4 is 0 Å². The summed E-state index contributed by atoms with van der Waals surface area (Å²) in [6, 6.07) is 5.45. The predicted molar refractivity (Wildman–Crippen MR) is 79.0 cm³/mol. The van der Waals surface area contributed by atoms with E-state index in [1.807, 2.05) is 6.07 Å². The van der Waals surface area contributed by atoms with Crippen molar-refractivity contribution in [3.63, 3.8) is 0 Å². The zero-order valence-electron chi connectivity index (χ0n) is 12.4. The molecule has 0 spiro atoms. The van der Waals surface area contributed by atoms with E-state index in [0.29, 0.717) is 12.3 Å². The summed E-state index contributed by atoms with van der Waals surface area (Å²) >= 11 is 0. The van der Waals surface area contributed by atoms with Crippen molar-refractivity contribution in [2.75, 3.05) is 0 Å². The van der Waals surface area contributed by atoms with E-state index in [0.717, 1.165) is 31.2 Å². The second-order valence-corrected chi connectivity index (χ2v) is 7.68. The Morgan fingerprint density at radius 3 is 2.95 bits per heavy atom. The second-order valence-electron chi connectivity index (χ2n) is 7.68. The molecule has 0 aliphatic heterocycles. The fraction of sp³-hybridized carbons (Fsp3) is 0.667. The minimum Gasteiger partial charge on any atom is -0.508 e. The van der Waals surface area contributed by atoms with Gasteiger partial charge in [-0.2, -0.15) is 0 Å². The monoisotopic (exact) mass is 290 g/mol. The van der Waals surface area contributed by atoms with Gasteiger partial charge in [-0.3, -0.25) is 0 Å². The second kappa shape index (κ2) is 4.45. The molecule has 2 fully saturated rings. The third-order valence-corrected chi connectivity index (χ3v) is 6.44. The molecule has 1 aromatic carbocycles. The molecule has 3 aliphatic carbocycles. The van der Waals surface area contributed by atoms with E-state index in [1.54, 1.807) is 12.1 Å². The van der Waals surface area contributed by atoms with Gasteiger partial charge in [0.1, 0.15) is 11.9 Å². The molecule has 0 heterocycles. The molecule has 0 amide bonds. The minimum atomic E-state index is -0.848. The smallest absolute Gasteiger partial charge is 0.115 e. The van der Waals surface area contributed by atoms with Gasteiger partial charge in [0.05, 0.1) is 6.10 Å². The number of hydrogen-bond acceptors (Lipinski definition) is 2. The van der Waals surface area contributed by atoms with Crippen LogP contribution in [-0.2, 0) is 6.42 Å². The number of fused-ring (bicyclic) bond motifs is 5. The van der Waals surface area contributed by atoms with Crippen LogP contribution in [0.25, 0.3) is 0 Å². The molecule has 2 N–H and O–H groups in total. The summed E-state index contributed by atoms with van der Waals surface area (Å²) in [7, 11) is 0. The largest absolute Gasteiger partial charge is 0.508 e. The quantitative estimate of drug-likeness (QED) is 0.767. The number of phenolic OH excluding ortho intramolecular Hbond substituents is 1. The summed E-state index contributed by atoms with van der Waals surface area (Å²) in [4.78, 5) is 0. The average molecular weight is 290 g/mol. The molecule has 3 aliphatic rings. The van der Waals surface area contributed by atoms with Crippen molar-refractivity contribution in [2.24, 2.45) is 17.3 Å². The molecule has 1 aromatic rings. The molecular weight excluding hydrogens is 267 g/mol. The molecule has 21 heavy (non-hydrogen) atoms. The van der Waals surface area contributed by atoms with Crippen molar-refractivity contribution in [1.82, 2.24) is 0 Å². The highest BCUT2D eigenvalue weighted by Crippen LogP contribution is 2.61. The Bertz CT molecular complexity index is 572. The van der Waals surface area contributed by atoms with Crippen molar-refractivity contribution >= 4 is 0 Å². The van der Waals surface area contributed by atoms with Crippen LogP contribution in [0.5, 0.6) is 5.75 Å². The summed E-state index contributed by atoms with van der Waals surface area (Å²) < 4.78 is 14.9. The lowest BCUT2D eigenvalue weighted by molar-refractivity contribution is 0.0115. The van der Waals surface area contributed by atoms with Crippen LogP contribution >= 0.6 is 0 Å². The van der Waals surface area contributed by atoms with E-state index >= 15 is 0 Å². The van der Waals surface area contributed by atoms with Crippen molar-refractivity contribution in [1.29, 1.82) is 0 Å². The molecule has 0 saturated heterocycles. The maximum absolute atomic E-state index is 14.9. The van der Waals surface area contributed by atoms with Gasteiger partial charge in [0.25, 0.3) is 0 Å². The fourth-order valence-electron chi connectivity index (χ4n) is 5.56. The molecular formula is C18H23FO2. The first-order valence-corrected chi connectivity index (χ1v) is 8.12. The third kappa shape index (κ3) is 1.93. The zero-order valence-corrected chi connectivity index (χ0v) is 12.4. The van der Waals surface area contributed by atoms with Crippen LogP contribution in [0.15, 0.2) is 18.2 Å². The summed E-state index contributed by atoms with van der Waals surface area (Å²) in [5, 5.41) is 19.7. The normalized spacial score (nSPS) is 44.8. The zero-order chi connectivity index (χ0) is 14.8. The summed E-state index contributed by atoms with van der Waals surface area (Å²) in [6.07, 6.45) is 2.96. The number of benzene rings is 1. The van der Waals surface area contributed by atoms with Gasteiger partial charge in [-0.05, 0) is 66.2 Å². The standard InChI is InChI=1S/C18H23FO2/c1-18-5-4-14-13-3-2-11(20)6-10(13)7-16(19)17(14)15(18)8-12(21)9-18/h2-3,6,12,14-17,20-21H,4-5,7-9H2,1H3/t12-,14-,15+,16-,17-,18-/m1/s1. The van der Waals surface area contributed by atoms with E-state index in [1.165, 1.54) is 5.56 Å². The number of aliphatic hydroxyl groups is 1. The average Bonchev–Trinajstić information content (AvgIpc) is 2.72. The Balaban J connectivity index is 1.75. The van der Waals surface area contributed by atoms with Gasteiger partial charge in [-0.15, -0.1) is 0 Å². The lowest BCUT2D eigenvalue weighted by atomic mass is 9.55. The molecule has 2 nitrogen and oxygen atoms in total. The van der Waals surface area contributed by atoms with Gasteiger partial charge < -0.3 is 10.2 Å². The molecule has 2 saturated carbocycles. The van der Waals surface area contributed by atoms with Gasteiger partial charge in [0, 0.05) is 12.3 Å². The van der Waals surface area contributed by atoms with Crippen LogP contribution in [0, 0.1) is 17.3 Å². The predicted octanol–water partition coefficient (Wildman–Crippen LogP) is 3.56. The van der Waals surface area contributed by atoms with Crippen LogP contribution in [-0.4, -0.2) is 22.5 Å². The lowest BCUT2D eigenvalue weighted by Crippen LogP contribution is -2.45. The molecule has 0 aromatic heterocycles. The Morgan fingerprint density at radius 1 is 1.33 bits per heavy atom. The highest BCUT2D eigenvalue weighted by atomic mass is 19.1. The Kier molecular flexibility index (Phi) is 2.88. The number of phenols is 1. The van der Waals surface area contributed by atoms with Gasteiger partial charge in [-0.1, -0.05) is 13.0 Å². The fourth-order valence-corrected chi connectivity index (χ4v) is 5.56. The van der Waals surface area contributed by atoms with Crippen LogP contribution in [0.1, 0.15) is 49.7 Å². The number of halogens is 1. The number of rotatable bonds is 0. The number of alkyl halides is 1. The first kappa shape index (κ1) is 13.6. The van der Waals surface area contributed by atoms with Crippen LogP contribution in [0.3, 0.4) is 0 Å². The van der Waals surface area contributed by atoms with Crippen LogP contribution in [0.2, 0.25) is 0 Å². The van der Waals surface area contributed by atoms with Crippen molar-refractivity contribution in [3.05, 3.63) is 29.3 Å². The molecule has 0 radical (unpaired) electrons. The summed E-state index contributed by atoms with van der Waals surface area (Å²) in [6.45, 7) is 2.24. The highest BCUT2D eigenvalue weighted by Gasteiger charge is 2.55. The van der Waals surface area contributed by atoms with Crippen LogP contribution in [0.4, 0.5) is 4.39 Å². The van der Waals surface area contributed by atoms with Gasteiger partial charge in [0.15, 0.2) is 0 Å². The summed E-state index contributed by atoms with van der Waals surface area (Å²) in [5.41, 5.74) is 2.32. The Morgan fingerprint density at radius 2 is 2.14 bits per heavy atom. The third-order valence-electron chi connectivity index (χ3n) is 6.44. The molecule has 6 atom stereocenters. The number of aliphatic hydroxyl groups excluding tert-OH is 1. The van der Waals surface area contributed by atoms with E-state index in [4.69, 9.17) is 0 Å². The van der Waals surface area contributed by atoms with E-state index in [9.17, 15) is 14.6 Å². The molecule has 3 heteroatoms. The number of aromatic hydroxyl groups is 1. The lowest BCUT2D eigenvalue weighted by Gasteiger charge is -2.50. The summed E-state index contributed by atoms with van der Waals surface area (Å²) in [5.74, 6) is 0.824. The highest BCUT2D eigenvalue weighted by molar-refractivity contribution is 5.41. The van der Waals surface area contributed by atoms with Crippen molar-refractivity contribution in [3.8, 4) is 5.75 Å². The first-order valence-electron chi connectivity index (χ1n) is 8.12. The maximum atomic E-state index is 14.9. The SMILES string of the molecule is C[C@]12CC[C@@H]3c4ccc(O)cc4C[C@@H](F)[C@H]3[C@@H]1C[C@@H](O)C2. The van der Waals surface area contributed by atoms with E-state index in [2.05, 4.69) is 6.92 Å². The minimum absolute atomic E-state index is 0.0398.